The largest absolute Gasteiger partial charge is 0.507 e. The molecular formula is C28H26N2O6S. The van der Waals surface area contributed by atoms with E-state index >= 15 is 0 Å². The second kappa shape index (κ2) is 10.8. The van der Waals surface area contributed by atoms with Gasteiger partial charge in [0.2, 0.25) is 0 Å². The van der Waals surface area contributed by atoms with E-state index in [1.54, 1.807) is 55.5 Å². The molecule has 1 atom stereocenters. The fraction of sp³-hybridized carbons (Fsp3) is 0.214. The summed E-state index contributed by atoms with van der Waals surface area (Å²) in [7, 11) is 0. The minimum absolute atomic E-state index is 0.0246. The minimum atomic E-state index is -0.996. The van der Waals surface area contributed by atoms with Gasteiger partial charge < -0.3 is 14.6 Å². The number of aromatic nitrogens is 1. The third-order valence-corrected chi connectivity index (χ3v) is 6.90. The summed E-state index contributed by atoms with van der Waals surface area (Å²) < 4.78 is 10.8. The van der Waals surface area contributed by atoms with Crippen molar-refractivity contribution in [2.24, 2.45) is 0 Å². The van der Waals surface area contributed by atoms with Crippen molar-refractivity contribution in [3.05, 3.63) is 94.0 Å². The Hall–Kier alpha value is -4.24. The van der Waals surface area contributed by atoms with E-state index in [4.69, 9.17) is 9.47 Å². The second-order valence-corrected chi connectivity index (χ2v) is 9.32. The summed E-state index contributed by atoms with van der Waals surface area (Å²) >= 11 is 0.943. The molecule has 9 heteroatoms. The van der Waals surface area contributed by atoms with Crippen LogP contribution in [0.4, 0.5) is 5.13 Å². The molecule has 2 aromatic carbocycles. The maximum absolute atomic E-state index is 13.4. The van der Waals surface area contributed by atoms with Crippen LogP contribution in [-0.4, -0.2) is 41.0 Å². The Morgan fingerprint density at radius 1 is 1.19 bits per heavy atom. The smallest absolute Gasteiger partial charge is 0.350 e. The van der Waals surface area contributed by atoms with E-state index in [0.29, 0.717) is 29.2 Å². The number of hydrogen-bond donors (Lipinski definition) is 1. The summed E-state index contributed by atoms with van der Waals surface area (Å²) in [6, 6.07) is 13.0. The molecule has 0 radical (unpaired) electrons. The number of hydrogen-bond acceptors (Lipinski definition) is 8. The molecule has 2 heterocycles. The number of aliphatic hydroxyl groups is 1. The molecule has 0 aliphatic carbocycles. The molecule has 0 saturated carbocycles. The zero-order valence-electron chi connectivity index (χ0n) is 20.7. The summed E-state index contributed by atoms with van der Waals surface area (Å²) in [4.78, 5) is 45.1. The second-order valence-electron chi connectivity index (χ2n) is 8.34. The average molecular weight is 519 g/mol. The van der Waals surface area contributed by atoms with E-state index in [9.17, 15) is 19.5 Å². The summed E-state index contributed by atoms with van der Waals surface area (Å²) in [5.74, 6) is -2.07. The summed E-state index contributed by atoms with van der Waals surface area (Å²) in [5.41, 5.74) is 2.20. The highest BCUT2D eigenvalue weighted by atomic mass is 32.1. The Kier molecular flexibility index (Phi) is 7.54. The average Bonchev–Trinajstić information content (AvgIpc) is 3.39. The van der Waals surface area contributed by atoms with E-state index in [1.165, 1.54) is 11.0 Å². The zero-order chi connectivity index (χ0) is 26.7. The number of thiazole rings is 1. The quantitative estimate of drug-likeness (QED) is 0.145. The molecule has 0 bridgehead atoms. The number of ketones is 1. The number of ether oxygens (including phenoxy) is 2. The first-order valence-electron chi connectivity index (χ1n) is 11.6. The van der Waals surface area contributed by atoms with Gasteiger partial charge in [0.05, 0.1) is 23.9 Å². The number of rotatable bonds is 8. The van der Waals surface area contributed by atoms with Gasteiger partial charge in [-0.15, -0.1) is 0 Å². The highest BCUT2D eigenvalue weighted by Gasteiger charge is 2.48. The Labute approximate surface area is 218 Å². The lowest BCUT2D eigenvalue weighted by Gasteiger charge is -2.23. The van der Waals surface area contributed by atoms with Gasteiger partial charge in [-0.05, 0) is 38.5 Å². The lowest BCUT2D eigenvalue weighted by Crippen LogP contribution is -2.29. The molecule has 1 fully saturated rings. The van der Waals surface area contributed by atoms with Crippen LogP contribution in [0.1, 0.15) is 45.0 Å². The van der Waals surface area contributed by atoms with E-state index in [2.05, 4.69) is 11.6 Å². The number of benzene rings is 2. The van der Waals surface area contributed by atoms with Crippen molar-refractivity contribution in [2.45, 2.75) is 26.8 Å². The molecule has 1 N–H and O–H groups in total. The Balaban J connectivity index is 1.89. The topological polar surface area (TPSA) is 106 Å². The lowest BCUT2D eigenvalue weighted by molar-refractivity contribution is -0.132. The summed E-state index contributed by atoms with van der Waals surface area (Å²) in [6.45, 7) is 9.36. The monoisotopic (exact) mass is 518 g/mol. The number of anilines is 1. The first-order chi connectivity index (χ1) is 17.8. The SMILES string of the molecule is C=CCOC(=O)c1sc(N2C(=O)C(=O)/C(=C(/O)c3ccc(C)cc3)C2c2cccc(OCC)c2)nc1C. The van der Waals surface area contributed by atoms with Crippen LogP contribution in [0.3, 0.4) is 0 Å². The Morgan fingerprint density at radius 3 is 2.59 bits per heavy atom. The number of carbonyl (C=O) groups is 3. The van der Waals surface area contributed by atoms with E-state index in [1.807, 2.05) is 13.8 Å². The maximum Gasteiger partial charge on any atom is 0.350 e. The summed E-state index contributed by atoms with van der Waals surface area (Å²) in [5, 5.41) is 11.4. The van der Waals surface area contributed by atoms with Gasteiger partial charge in [-0.3, -0.25) is 14.5 Å². The minimum Gasteiger partial charge on any atom is -0.507 e. The van der Waals surface area contributed by atoms with Crippen molar-refractivity contribution < 1.29 is 29.0 Å². The van der Waals surface area contributed by atoms with Crippen LogP contribution in [0.2, 0.25) is 0 Å². The third-order valence-electron chi connectivity index (χ3n) is 5.76. The van der Waals surface area contributed by atoms with Crippen molar-refractivity contribution >= 4 is 39.9 Å². The number of carbonyl (C=O) groups excluding carboxylic acids is 3. The van der Waals surface area contributed by atoms with E-state index < -0.39 is 23.7 Å². The van der Waals surface area contributed by atoms with Crippen LogP contribution in [0.25, 0.3) is 5.76 Å². The van der Waals surface area contributed by atoms with Gasteiger partial charge >= 0.3 is 11.9 Å². The van der Waals surface area contributed by atoms with Crippen molar-refractivity contribution in [1.82, 2.24) is 4.98 Å². The molecule has 4 rings (SSSR count). The number of amides is 1. The van der Waals surface area contributed by atoms with E-state index in [-0.39, 0.29) is 27.9 Å². The molecule has 1 unspecified atom stereocenters. The molecule has 0 spiro atoms. The van der Waals surface area contributed by atoms with Gasteiger partial charge in [0.25, 0.3) is 5.78 Å². The molecular weight excluding hydrogens is 492 g/mol. The van der Waals surface area contributed by atoms with Gasteiger partial charge in [0.1, 0.15) is 23.0 Å². The predicted octanol–water partition coefficient (Wildman–Crippen LogP) is 5.13. The first-order valence-corrected chi connectivity index (χ1v) is 12.4. The van der Waals surface area contributed by atoms with Crippen LogP contribution in [-0.2, 0) is 14.3 Å². The van der Waals surface area contributed by atoms with Gasteiger partial charge in [-0.2, -0.15) is 0 Å². The van der Waals surface area contributed by atoms with Crippen LogP contribution in [0.5, 0.6) is 5.75 Å². The molecule has 1 saturated heterocycles. The van der Waals surface area contributed by atoms with Crippen molar-refractivity contribution in [3.63, 3.8) is 0 Å². The molecule has 190 valence electrons. The van der Waals surface area contributed by atoms with Crippen LogP contribution >= 0.6 is 11.3 Å². The van der Waals surface area contributed by atoms with Crippen molar-refractivity contribution in [2.75, 3.05) is 18.1 Å². The molecule has 1 aromatic heterocycles. The van der Waals surface area contributed by atoms with Crippen molar-refractivity contribution in [1.29, 1.82) is 0 Å². The molecule has 8 nitrogen and oxygen atoms in total. The molecule has 1 aliphatic heterocycles. The number of aryl methyl sites for hydroxylation is 2. The highest BCUT2D eigenvalue weighted by Crippen LogP contribution is 2.44. The van der Waals surface area contributed by atoms with Crippen LogP contribution < -0.4 is 9.64 Å². The number of esters is 1. The molecule has 1 amide bonds. The molecule has 37 heavy (non-hydrogen) atoms. The number of Topliss-reactive ketones (excluding diaryl/α,β-unsaturated/α-hetero) is 1. The predicted molar refractivity (Wildman–Crippen MR) is 141 cm³/mol. The van der Waals surface area contributed by atoms with Gasteiger partial charge in [0, 0.05) is 5.56 Å². The molecule has 3 aromatic rings. The van der Waals surface area contributed by atoms with Crippen molar-refractivity contribution in [3.8, 4) is 5.75 Å². The molecule has 1 aliphatic rings. The van der Waals surface area contributed by atoms with Gasteiger partial charge in [-0.1, -0.05) is 66.0 Å². The maximum atomic E-state index is 13.4. The standard InChI is InChI=1S/C28H26N2O6S/c1-5-14-36-27(34)25-17(4)29-28(37-25)30-22(19-8-7-9-20(15-19)35-6-2)21(24(32)26(30)33)23(31)18-12-10-16(3)11-13-18/h5,7-13,15,22,31H,1,6,14H2,2-4H3/b23-21+. The van der Waals surface area contributed by atoms with Gasteiger partial charge in [0.15, 0.2) is 5.13 Å². The fourth-order valence-electron chi connectivity index (χ4n) is 4.03. The highest BCUT2D eigenvalue weighted by molar-refractivity contribution is 7.17. The van der Waals surface area contributed by atoms with Crippen LogP contribution in [0, 0.1) is 13.8 Å². The zero-order valence-corrected chi connectivity index (χ0v) is 21.5. The lowest BCUT2D eigenvalue weighted by atomic mass is 9.95. The Morgan fingerprint density at radius 2 is 1.92 bits per heavy atom. The first kappa shape index (κ1) is 25.8. The Bertz CT molecular complexity index is 1410. The normalized spacial score (nSPS) is 16.6. The fourth-order valence-corrected chi connectivity index (χ4v) is 5.02. The van der Waals surface area contributed by atoms with Crippen LogP contribution in [0.15, 0.2) is 66.8 Å². The third kappa shape index (κ3) is 5.03. The number of nitrogens with zero attached hydrogens (tertiary/aromatic N) is 2. The summed E-state index contributed by atoms with van der Waals surface area (Å²) in [6.07, 6.45) is 1.45. The number of aliphatic hydroxyl groups excluding tert-OH is 1. The van der Waals surface area contributed by atoms with Gasteiger partial charge in [-0.25, -0.2) is 9.78 Å². The van der Waals surface area contributed by atoms with E-state index in [0.717, 1.165) is 16.9 Å².